The van der Waals surface area contributed by atoms with Gasteiger partial charge >= 0.3 is 0 Å². The van der Waals surface area contributed by atoms with Crippen LogP contribution in [0.1, 0.15) is 30.9 Å². The maximum absolute atomic E-state index is 12.3. The van der Waals surface area contributed by atoms with Crippen LogP contribution in [0.3, 0.4) is 0 Å². The molecule has 0 bridgehead atoms. The molecule has 1 fully saturated rings. The lowest BCUT2D eigenvalue weighted by atomic mass is 10.2. The Kier molecular flexibility index (Phi) is 13.7. The molecule has 1 amide bonds. The molecule has 1 atom stereocenters. The zero-order valence-corrected chi connectivity index (χ0v) is 28.4. The predicted octanol–water partition coefficient (Wildman–Crippen LogP) is 0.702. The minimum atomic E-state index is -0.555. The lowest BCUT2D eigenvalue weighted by Crippen LogP contribution is -2.50. The second kappa shape index (κ2) is 18.1. The van der Waals surface area contributed by atoms with Crippen LogP contribution in [0.15, 0.2) is 92.9 Å². The second-order valence-corrected chi connectivity index (χ2v) is 12.2. The van der Waals surface area contributed by atoms with E-state index in [0.29, 0.717) is 94.3 Å². The molecule has 270 valence electrons. The maximum atomic E-state index is 12.3. The third-order valence-electron chi connectivity index (χ3n) is 8.74. The molecule has 0 aromatic carbocycles. The van der Waals surface area contributed by atoms with Gasteiger partial charge in [-0.1, -0.05) is 30.4 Å². The van der Waals surface area contributed by atoms with Gasteiger partial charge in [0.2, 0.25) is 6.41 Å². The van der Waals surface area contributed by atoms with Crippen molar-refractivity contribution in [1.29, 1.82) is 0 Å². The number of carbonyl (C=O) groups excluding carboxylic acids is 1. The Morgan fingerprint density at radius 3 is 1.70 bits per heavy atom. The van der Waals surface area contributed by atoms with E-state index < -0.39 is 16.7 Å². The number of carbonyl (C=O) groups is 1. The number of nitrogens with zero attached hydrogens (tertiary/aromatic N) is 8. The van der Waals surface area contributed by atoms with Gasteiger partial charge in [0.15, 0.2) is 0 Å². The van der Waals surface area contributed by atoms with E-state index in [1.54, 1.807) is 54.6 Å². The zero-order chi connectivity index (χ0) is 36.2. The van der Waals surface area contributed by atoms with E-state index in [1.165, 1.54) is 18.2 Å². The van der Waals surface area contributed by atoms with Crippen LogP contribution >= 0.6 is 0 Å². The molecule has 4 heterocycles. The summed E-state index contributed by atoms with van der Waals surface area (Å²) in [6.07, 6.45) is 5.47. The Hall–Kier alpha value is -5.00. The minimum Gasteiger partial charge on any atom is -0.425 e. The predicted molar refractivity (Wildman–Crippen MR) is 183 cm³/mol. The molecule has 0 saturated carbocycles. The van der Waals surface area contributed by atoms with Crippen LogP contribution in [0.25, 0.3) is 0 Å². The number of aromatic nitrogens is 3. The molecule has 4 rings (SSSR count). The summed E-state index contributed by atoms with van der Waals surface area (Å²) < 4.78 is 1.87. The van der Waals surface area contributed by atoms with Gasteiger partial charge in [0.25, 0.3) is 16.7 Å². The van der Waals surface area contributed by atoms with Crippen LogP contribution in [0.2, 0.25) is 0 Å². The molecule has 16 heteroatoms. The average molecular weight is 695 g/mol. The lowest BCUT2D eigenvalue weighted by Gasteiger charge is -2.38. The van der Waals surface area contributed by atoms with E-state index in [4.69, 9.17) is 0 Å². The highest BCUT2D eigenvalue weighted by atomic mass is 16.5. The average Bonchev–Trinajstić information content (AvgIpc) is 3.10. The van der Waals surface area contributed by atoms with E-state index in [0.717, 1.165) is 0 Å². The number of hydrogen-bond acceptors (Lipinski definition) is 12. The highest BCUT2D eigenvalue weighted by Gasteiger charge is 2.24. The number of rotatable bonds is 11. The molecule has 0 spiro atoms. The normalized spacial score (nSPS) is 18.1. The molecule has 0 aliphatic carbocycles. The maximum Gasteiger partial charge on any atom is 0.283 e. The van der Waals surface area contributed by atoms with Gasteiger partial charge in [-0.15, -0.1) is 0 Å². The highest BCUT2D eigenvalue weighted by Crippen LogP contribution is 2.14. The number of hydrogen-bond donors (Lipinski definition) is 4. The summed E-state index contributed by atoms with van der Waals surface area (Å²) in [6.45, 7) is 7.91. The fourth-order valence-corrected chi connectivity index (χ4v) is 5.86. The molecule has 16 nitrogen and oxygen atoms in total. The summed E-state index contributed by atoms with van der Waals surface area (Å²) in [5, 5.41) is 42.4. The fourth-order valence-electron chi connectivity index (χ4n) is 5.86. The highest BCUT2D eigenvalue weighted by molar-refractivity contribution is 5.49. The summed E-state index contributed by atoms with van der Waals surface area (Å²) in [5.41, 5.74) is -0.140. The SMILES string of the molecule is C/C=C\C=C(\CN1CCN(Cc2cccc(=O)n2O)CCN(Cc2cccc(=O)n2O)CC(C)N(Cc2cccc(=O)n2O)CC1)N(O)C=O. The molecule has 1 saturated heterocycles. The standard InChI is InChI=1S/C34H46N8O8/c1-3-4-8-28(39(47)26-43)22-36-16-15-35(23-29-9-5-12-32(44)40(29)48)17-18-37(24-30-10-6-13-33(45)41(30)49)21-27(2)38(20-19-36)25-31-11-7-14-34(46)42(31)50/h3-14,26-27,47-50H,15-25H2,1-2H3/b4-3-,28-8-. The molecule has 50 heavy (non-hydrogen) atoms. The minimum absolute atomic E-state index is 0.179. The fraction of sp³-hybridized carbons (Fsp3) is 0.412. The van der Waals surface area contributed by atoms with Gasteiger partial charge in [-0.25, -0.2) is 0 Å². The van der Waals surface area contributed by atoms with Crippen molar-refractivity contribution in [3.8, 4) is 0 Å². The van der Waals surface area contributed by atoms with Crippen molar-refractivity contribution >= 4 is 6.41 Å². The van der Waals surface area contributed by atoms with Crippen molar-refractivity contribution in [2.75, 3.05) is 52.4 Å². The number of pyridine rings is 3. The monoisotopic (exact) mass is 694 g/mol. The third kappa shape index (κ3) is 10.3. The smallest absolute Gasteiger partial charge is 0.283 e. The second-order valence-electron chi connectivity index (χ2n) is 12.2. The molecular formula is C34H46N8O8. The Bertz CT molecular complexity index is 1820. The molecule has 1 aliphatic heterocycles. The van der Waals surface area contributed by atoms with Crippen LogP contribution in [-0.4, -0.2) is 124 Å². The van der Waals surface area contributed by atoms with E-state index in [-0.39, 0.29) is 32.2 Å². The number of hydroxylamine groups is 2. The van der Waals surface area contributed by atoms with E-state index in [2.05, 4.69) is 19.6 Å². The number of allylic oxidation sites excluding steroid dienone is 3. The molecule has 1 aliphatic rings. The zero-order valence-electron chi connectivity index (χ0n) is 28.4. The summed E-state index contributed by atoms with van der Waals surface area (Å²) in [4.78, 5) is 56.6. The van der Waals surface area contributed by atoms with E-state index >= 15 is 0 Å². The van der Waals surface area contributed by atoms with Crippen LogP contribution < -0.4 is 16.7 Å². The molecular weight excluding hydrogens is 648 g/mol. The summed E-state index contributed by atoms with van der Waals surface area (Å²) in [5.74, 6) is 0. The quantitative estimate of drug-likeness (QED) is 0.0727. The van der Waals surface area contributed by atoms with Crippen molar-refractivity contribution in [2.24, 2.45) is 0 Å². The van der Waals surface area contributed by atoms with Crippen molar-refractivity contribution in [3.63, 3.8) is 0 Å². The van der Waals surface area contributed by atoms with Crippen LogP contribution in [0.4, 0.5) is 0 Å². The molecule has 3 aromatic rings. The topological polar surface area (TPSA) is 180 Å². The summed E-state index contributed by atoms with van der Waals surface area (Å²) >= 11 is 0. The van der Waals surface area contributed by atoms with E-state index in [9.17, 15) is 40.0 Å². The van der Waals surface area contributed by atoms with Gasteiger partial charge < -0.3 is 15.6 Å². The first kappa shape index (κ1) is 37.8. The van der Waals surface area contributed by atoms with Crippen molar-refractivity contribution < 1.29 is 25.6 Å². The third-order valence-corrected chi connectivity index (χ3v) is 8.74. The Labute approximate surface area is 289 Å². The van der Waals surface area contributed by atoms with Crippen LogP contribution in [-0.2, 0) is 24.4 Å². The Balaban J connectivity index is 1.71. The first-order valence-electron chi connectivity index (χ1n) is 16.4. The van der Waals surface area contributed by atoms with Crippen LogP contribution in [0.5, 0.6) is 0 Å². The van der Waals surface area contributed by atoms with Gasteiger partial charge in [-0.3, -0.25) is 44.0 Å². The van der Waals surface area contributed by atoms with Crippen molar-refractivity contribution in [2.45, 2.75) is 39.5 Å². The molecule has 1 unspecified atom stereocenters. The lowest BCUT2D eigenvalue weighted by molar-refractivity contribution is -0.142. The molecule has 0 radical (unpaired) electrons. The first-order chi connectivity index (χ1) is 24.0. The van der Waals surface area contributed by atoms with Gasteiger partial charge in [-0.05, 0) is 38.1 Å². The summed E-state index contributed by atoms with van der Waals surface area (Å²) in [6, 6.07) is 13.4. The summed E-state index contributed by atoms with van der Waals surface area (Å²) in [7, 11) is 0. The first-order valence-corrected chi connectivity index (χ1v) is 16.4. The molecule has 3 aromatic heterocycles. The number of amides is 1. The van der Waals surface area contributed by atoms with Gasteiger partial charge in [0, 0.05) is 96.2 Å². The molecule has 4 N–H and O–H groups in total. The van der Waals surface area contributed by atoms with Crippen LogP contribution in [0, 0.1) is 0 Å². The van der Waals surface area contributed by atoms with Crippen molar-refractivity contribution in [3.05, 3.63) is 127 Å². The Morgan fingerprint density at radius 1 is 0.720 bits per heavy atom. The van der Waals surface area contributed by atoms with Crippen molar-refractivity contribution in [1.82, 2.24) is 38.9 Å². The van der Waals surface area contributed by atoms with Gasteiger partial charge in [-0.2, -0.15) is 19.3 Å². The van der Waals surface area contributed by atoms with Gasteiger partial charge in [0.1, 0.15) is 0 Å². The largest absolute Gasteiger partial charge is 0.425 e. The van der Waals surface area contributed by atoms with Gasteiger partial charge in [0.05, 0.1) is 22.8 Å². The van der Waals surface area contributed by atoms with E-state index in [1.807, 2.05) is 13.8 Å². The Morgan fingerprint density at radius 2 is 1.18 bits per heavy atom.